The van der Waals surface area contributed by atoms with Gasteiger partial charge in [-0.25, -0.2) is 4.79 Å². The molecule has 0 saturated carbocycles. The second-order valence-corrected chi connectivity index (χ2v) is 25.4. The normalized spacial score (nSPS) is 22.0. The topological polar surface area (TPSA) is 63.2 Å². The Kier molecular flexibility index (Phi) is 7.10. The van der Waals surface area contributed by atoms with Crippen molar-refractivity contribution in [3.05, 3.63) is 0 Å². The van der Waals surface area contributed by atoms with Crippen LogP contribution >= 0.6 is 0 Å². The summed E-state index contributed by atoms with van der Waals surface area (Å²) in [5.41, 5.74) is 0. The molecule has 0 amide bonds. The number of carbonyl (C=O) groups is 1. The lowest BCUT2D eigenvalue weighted by Crippen LogP contribution is -2.57. The summed E-state index contributed by atoms with van der Waals surface area (Å²) in [6.07, 6.45) is -0.0656. The molecule has 6 nitrogen and oxygen atoms in total. The van der Waals surface area contributed by atoms with Crippen LogP contribution < -0.4 is 0 Å². The average Bonchev–Trinajstić information content (AvgIpc) is 2.65. The summed E-state index contributed by atoms with van der Waals surface area (Å²) < 4.78 is 29.4. The number of carbonyl (C=O) groups excluding carboxylic acids is 1. The molecule has 0 aromatic rings. The first-order chi connectivity index (χ1) is 10.6. The molecule has 2 unspecified atom stereocenters. The van der Waals surface area contributed by atoms with Crippen molar-refractivity contribution in [3.63, 3.8) is 0 Å². The lowest BCUT2D eigenvalue weighted by molar-refractivity contribution is 0.116. The average molecular weight is 411 g/mol. The lowest BCUT2D eigenvalue weighted by atomic mass is 10.3. The van der Waals surface area contributed by atoms with E-state index < -0.39 is 39.9 Å². The molecule has 0 aliphatic carbocycles. The zero-order valence-corrected chi connectivity index (χ0v) is 20.6. The van der Waals surface area contributed by atoms with E-state index in [2.05, 4.69) is 58.9 Å². The van der Waals surface area contributed by atoms with E-state index in [9.17, 15) is 4.79 Å². The molecule has 2 atom stereocenters. The summed E-state index contributed by atoms with van der Waals surface area (Å²) in [5.74, 6) is 0. The highest BCUT2D eigenvalue weighted by Gasteiger charge is 2.45. The Balaban J connectivity index is 2.79. The van der Waals surface area contributed by atoms with Crippen LogP contribution in [0.2, 0.25) is 65.0 Å². The Labute approximate surface area is 150 Å². The minimum Gasteiger partial charge on any atom is -0.437 e. The molecule has 0 bridgehead atoms. The molecule has 1 heterocycles. The van der Waals surface area contributed by atoms with Crippen LogP contribution in [0, 0.1) is 0 Å². The van der Waals surface area contributed by atoms with Gasteiger partial charge in [0.1, 0.15) is 12.7 Å². The first kappa shape index (κ1) is 22.1. The van der Waals surface area contributed by atoms with Crippen LogP contribution in [0.4, 0.5) is 4.79 Å². The van der Waals surface area contributed by atoms with E-state index >= 15 is 0 Å². The zero-order valence-electron chi connectivity index (χ0n) is 16.6. The summed E-state index contributed by atoms with van der Waals surface area (Å²) in [6.45, 7) is 19.7. The maximum Gasteiger partial charge on any atom is 0.508 e. The molecule has 1 saturated heterocycles. The van der Waals surface area contributed by atoms with E-state index in [4.69, 9.17) is 21.8 Å². The third-order valence-corrected chi connectivity index (χ3v) is 16.6. The minimum atomic E-state index is -2.44. The van der Waals surface area contributed by atoms with Gasteiger partial charge in [-0.05, 0) is 71.4 Å². The summed E-state index contributed by atoms with van der Waals surface area (Å²) >= 11 is 0. The largest absolute Gasteiger partial charge is 0.508 e. The summed E-state index contributed by atoms with van der Waals surface area (Å²) in [5, 5.41) is 0. The predicted molar refractivity (Wildman–Crippen MR) is 105 cm³/mol. The van der Waals surface area contributed by atoms with E-state index in [1.54, 1.807) is 0 Å². The molecule has 0 aromatic heterocycles. The Bertz CT molecular complexity index is 446. The molecular formula is C14H34O6Si4. The SMILES string of the molecule is C[Si](C)(C)O[Si](C)(C)O[Si](C)(CCC1COC(=O)O1)O[Si](C)(C)C. The van der Waals surface area contributed by atoms with Gasteiger partial charge in [-0.2, -0.15) is 0 Å². The summed E-state index contributed by atoms with van der Waals surface area (Å²) in [6, 6.07) is 0.768. The van der Waals surface area contributed by atoms with Gasteiger partial charge in [-0.15, -0.1) is 0 Å². The fraction of sp³-hybridized carbons (Fsp3) is 0.929. The molecule has 1 aliphatic heterocycles. The van der Waals surface area contributed by atoms with Crippen molar-refractivity contribution in [3.8, 4) is 0 Å². The molecular weight excluding hydrogens is 376 g/mol. The van der Waals surface area contributed by atoms with Crippen LogP contribution in [-0.2, 0) is 21.8 Å². The van der Waals surface area contributed by atoms with Gasteiger partial charge in [0, 0.05) is 0 Å². The zero-order chi connectivity index (χ0) is 18.8. The number of ether oxygens (including phenoxy) is 2. The second-order valence-electron chi connectivity index (χ2n) is 8.90. The van der Waals surface area contributed by atoms with Crippen molar-refractivity contribution in [1.29, 1.82) is 0 Å². The smallest absolute Gasteiger partial charge is 0.437 e. The molecule has 0 aromatic carbocycles. The van der Waals surface area contributed by atoms with Crippen molar-refractivity contribution in [2.45, 2.75) is 77.5 Å². The van der Waals surface area contributed by atoms with Gasteiger partial charge in [0.15, 0.2) is 16.6 Å². The fourth-order valence-corrected chi connectivity index (χ4v) is 21.0. The van der Waals surface area contributed by atoms with Crippen molar-refractivity contribution in [1.82, 2.24) is 0 Å². The lowest BCUT2D eigenvalue weighted by Gasteiger charge is -2.41. The molecule has 1 aliphatic rings. The fourth-order valence-electron chi connectivity index (χ4n) is 2.98. The molecule has 0 N–H and O–H groups in total. The van der Waals surface area contributed by atoms with Crippen molar-refractivity contribution >= 4 is 39.9 Å². The quantitative estimate of drug-likeness (QED) is 0.414. The van der Waals surface area contributed by atoms with Gasteiger partial charge >= 0.3 is 23.3 Å². The van der Waals surface area contributed by atoms with E-state index in [0.29, 0.717) is 13.0 Å². The van der Waals surface area contributed by atoms with E-state index in [1.165, 1.54) is 0 Å². The highest BCUT2D eigenvalue weighted by Crippen LogP contribution is 2.29. The third-order valence-electron chi connectivity index (χ3n) is 3.11. The summed E-state index contributed by atoms with van der Waals surface area (Å²) in [7, 11) is -8.17. The Morgan fingerprint density at radius 3 is 1.88 bits per heavy atom. The summed E-state index contributed by atoms with van der Waals surface area (Å²) in [4.78, 5) is 11.1. The van der Waals surface area contributed by atoms with Crippen molar-refractivity contribution in [2.24, 2.45) is 0 Å². The van der Waals surface area contributed by atoms with Gasteiger partial charge in [-0.3, -0.25) is 0 Å². The molecule has 142 valence electrons. The van der Waals surface area contributed by atoms with Crippen LogP contribution in [0.1, 0.15) is 6.42 Å². The molecule has 1 rings (SSSR count). The van der Waals surface area contributed by atoms with Gasteiger partial charge in [0.25, 0.3) is 0 Å². The number of rotatable bonds is 9. The number of hydrogen-bond acceptors (Lipinski definition) is 6. The third kappa shape index (κ3) is 8.92. The van der Waals surface area contributed by atoms with E-state index in [0.717, 1.165) is 6.04 Å². The van der Waals surface area contributed by atoms with Gasteiger partial charge in [0.2, 0.25) is 0 Å². The first-order valence-corrected chi connectivity index (χ1v) is 20.7. The second kappa shape index (κ2) is 7.72. The maximum absolute atomic E-state index is 11.1. The highest BCUT2D eigenvalue weighted by molar-refractivity contribution is 6.89. The van der Waals surface area contributed by atoms with Crippen molar-refractivity contribution < 1.29 is 26.6 Å². The minimum absolute atomic E-state index is 0.194. The Morgan fingerprint density at radius 1 is 0.917 bits per heavy atom. The molecule has 10 heteroatoms. The predicted octanol–water partition coefficient (Wildman–Crippen LogP) is 4.41. The molecule has 1 fully saturated rings. The van der Waals surface area contributed by atoms with Crippen LogP contribution in [0.5, 0.6) is 0 Å². The molecule has 0 radical (unpaired) electrons. The van der Waals surface area contributed by atoms with Crippen LogP contribution in [0.3, 0.4) is 0 Å². The maximum atomic E-state index is 11.1. The standard InChI is InChI=1S/C14H34O6Si4/c1-21(2,3)18-23(7,8)20-24(9,19-22(4,5)6)11-10-13-12-16-14(15)17-13/h13H,10-12H2,1-9H3. The van der Waals surface area contributed by atoms with E-state index in [-0.39, 0.29) is 6.10 Å². The van der Waals surface area contributed by atoms with Gasteiger partial charge in [-0.1, -0.05) is 0 Å². The Hall–Kier alpha value is 0.0175. The van der Waals surface area contributed by atoms with Gasteiger partial charge < -0.3 is 21.8 Å². The Morgan fingerprint density at radius 2 is 1.46 bits per heavy atom. The molecule has 0 spiro atoms. The highest BCUT2D eigenvalue weighted by atomic mass is 28.5. The molecule has 24 heavy (non-hydrogen) atoms. The first-order valence-electron chi connectivity index (χ1n) is 8.53. The van der Waals surface area contributed by atoms with Crippen molar-refractivity contribution in [2.75, 3.05) is 6.61 Å². The van der Waals surface area contributed by atoms with Gasteiger partial charge in [0.05, 0.1) is 0 Å². The van der Waals surface area contributed by atoms with Crippen LogP contribution in [0.15, 0.2) is 0 Å². The number of hydrogen-bond donors (Lipinski definition) is 0. The van der Waals surface area contributed by atoms with E-state index in [1.807, 2.05) is 0 Å². The van der Waals surface area contributed by atoms with Crippen LogP contribution in [-0.4, -0.2) is 52.6 Å². The van der Waals surface area contributed by atoms with Crippen LogP contribution in [0.25, 0.3) is 0 Å². The number of cyclic esters (lactones) is 2. The monoisotopic (exact) mass is 410 g/mol.